The predicted octanol–water partition coefficient (Wildman–Crippen LogP) is 3.01. The van der Waals surface area contributed by atoms with Crippen molar-refractivity contribution in [2.24, 2.45) is 0 Å². The number of pyridine rings is 1. The van der Waals surface area contributed by atoms with Gasteiger partial charge in [-0.3, -0.25) is 0 Å². The molecule has 1 aromatic carbocycles. The highest BCUT2D eigenvalue weighted by Crippen LogP contribution is 2.22. The second-order valence-corrected chi connectivity index (χ2v) is 4.32. The minimum atomic E-state index is 0.229. The van der Waals surface area contributed by atoms with Crippen molar-refractivity contribution in [2.75, 3.05) is 0 Å². The van der Waals surface area contributed by atoms with Crippen LogP contribution in [0.3, 0.4) is 0 Å². The second kappa shape index (κ2) is 4.71. The number of nitriles is 1. The number of alkyl halides is 1. The Kier molecular flexibility index (Phi) is 2.90. The third-order valence-electron chi connectivity index (χ3n) is 2.82. The van der Waals surface area contributed by atoms with Gasteiger partial charge in [0.25, 0.3) is 0 Å². The van der Waals surface area contributed by atoms with Gasteiger partial charge in [-0.1, -0.05) is 30.3 Å². The molecule has 0 saturated carbocycles. The minimum Gasteiger partial charge on any atom is -0.219 e. The van der Waals surface area contributed by atoms with Crippen LogP contribution in [-0.4, -0.2) is 14.6 Å². The molecular formula is C14H9ClN4. The quantitative estimate of drug-likeness (QED) is 0.672. The number of hydrogen-bond acceptors (Lipinski definition) is 3. The maximum atomic E-state index is 9.22. The molecule has 5 heteroatoms. The predicted molar refractivity (Wildman–Crippen MR) is 72.7 cm³/mol. The number of benzene rings is 1. The average molecular weight is 269 g/mol. The van der Waals surface area contributed by atoms with Crippen molar-refractivity contribution in [3.63, 3.8) is 0 Å². The summed E-state index contributed by atoms with van der Waals surface area (Å²) in [6.45, 7) is 0. The van der Waals surface area contributed by atoms with Crippen LogP contribution in [0.15, 0.2) is 42.6 Å². The van der Waals surface area contributed by atoms with Crippen LogP contribution in [0.2, 0.25) is 0 Å². The molecular weight excluding hydrogens is 260 g/mol. The smallest absolute Gasteiger partial charge is 0.173 e. The normalized spacial score (nSPS) is 10.5. The Balaban J connectivity index is 2.26. The highest BCUT2D eigenvalue weighted by atomic mass is 35.5. The van der Waals surface area contributed by atoms with Gasteiger partial charge >= 0.3 is 0 Å². The molecule has 0 saturated heterocycles. The number of aromatic nitrogens is 3. The van der Waals surface area contributed by atoms with Crippen LogP contribution in [0.5, 0.6) is 0 Å². The topological polar surface area (TPSA) is 54.0 Å². The molecule has 0 radical (unpaired) electrons. The molecule has 0 aliphatic heterocycles. The molecule has 19 heavy (non-hydrogen) atoms. The first-order chi connectivity index (χ1) is 9.31. The third kappa shape index (κ3) is 2.05. The van der Waals surface area contributed by atoms with Crippen molar-refractivity contribution < 1.29 is 0 Å². The van der Waals surface area contributed by atoms with Crippen LogP contribution in [0, 0.1) is 11.3 Å². The van der Waals surface area contributed by atoms with E-state index < -0.39 is 0 Å². The Morgan fingerprint density at radius 3 is 2.68 bits per heavy atom. The molecule has 0 spiro atoms. The van der Waals surface area contributed by atoms with Gasteiger partial charge in [-0.2, -0.15) is 5.26 Å². The van der Waals surface area contributed by atoms with Crippen LogP contribution in [0.4, 0.5) is 0 Å². The maximum Gasteiger partial charge on any atom is 0.173 e. The Morgan fingerprint density at radius 1 is 1.21 bits per heavy atom. The molecule has 0 aliphatic carbocycles. The Hall–Kier alpha value is -2.38. The first-order valence-electron chi connectivity index (χ1n) is 5.72. The summed E-state index contributed by atoms with van der Waals surface area (Å²) >= 11 is 5.73. The monoisotopic (exact) mass is 268 g/mol. The van der Waals surface area contributed by atoms with Crippen LogP contribution in [0.1, 0.15) is 11.4 Å². The summed E-state index contributed by atoms with van der Waals surface area (Å²) in [5.41, 5.74) is 2.99. The van der Waals surface area contributed by atoms with Gasteiger partial charge in [0, 0.05) is 11.8 Å². The van der Waals surface area contributed by atoms with Crippen molar-refractivity contribution in [2.45, 2.75) is 5.88 Å². The van der Waals surface area contributed by atoms with Gasteiger partial charge in [-0.25, -0.2) is 9.50 Å². The van der Waals surface area contributed by atoms with E-state index in [2.05, 4.69) is 16.2 Å². The van der Waals surface area contributed by atoms with Crippen LogP contribution in [-0.2, 0) is 5.88 Å². The highest BCUT2D eigenvalue weighted by molar-refractivity contribution is 6.16. The molecule has 2 heterocycles. The largest absolute Gasteiger partial charge is 0.219 e. The van der Waals surface area contributed by atoms with Crippen molar-refractivity contribution in [3.05, 3.63) is 54.0 Å². The minimum absolute atomic E-state index is 0.229. The fourth-order valence-electron chi connectivity index (χ4n) is 1.96. The van der Waals surface area contributed by atoms with Crippen molar-refractivity contribution in [3.8, 4) is 17.2 Å². The fraction of sp³-hybridized carbons (Fsp3) is 0.0714. The highest BCUT2D eigenvalue weighted by Gasteiger charge is 2.10. The summed E-state index contributed by atoms with van der Waals surface area (Å²) in [5, 5.41) is 13.5. The average Bonchev–Trinajstić information content (AvgIpc) is 2.90. The van der Waals surface area contributed by atoms with Gasteiger partial charge in [0.05, 0.1) is 11.4 Å². The SMILES string of the molecule is N#Cc1cc(-c2ccccc2)cn2nc(CCl)nc12. The first-order valence-corrected chi connectivity index (χ1v) is 6.26. The summed E-state index contributed by atoms with van der Waals surface area (Å²) < 4.78 is 1.61. The van der Waals surface area contributed by atoms with Gasteiger partial charge < -0.3 is 0 Å². The van der Waals surface area contributed by atoms with Crippen LogP contribution < -0.4 is 0 Å². The Bertz CT molecular complexity index is 771. The van der Waals surface area contributed by atoms with E-state index in [9.17, 15) is 5.26 Å². The fourth-order valence-corrected chi connectivity index (χ4v) is 2.07. The zero-order valence-corrected chi connectivity index (χ0v) is 10.7. The molecule has 4 nitrogen and oxygen atoms in total. The number of nitrogens with zero attached hydrogens (tertiary/aromatic N) is 4. The summed E-state index contributed by atoms with van der Waals surface area (Å²) in [5.74, 6) is 0.746. The lowest BCUT2D eigenvalue weighted by molar-refractivity contribution is 0.923. The number of rotatable bonds is 2. The summed E-state index contributed by atoms with van der Waals surface area (Å²) in [7, 11) is 0. The van der Waals surface area contributed by atoms with E-state index in [1.807, 2.05) is 42.6 Å². The molecule has 3 rings (SSSR count). The summed E-state index contributed by atoms with van der Waals surface area (Å²) in [6, 6.07) is 13.8. The molecule has 92 valence electrons. The van der Waals surface area contributed by atoms with E-state index in [0.29, 0.717) is 17.0 Å². The van der Waals surface area contributed by atoms with E-state index in [4.69, 9.17) is 11.6 Å². The second-order valence-electron chi connectivity index (χ2n) is 4.05. The lowest BCUT2D eigenvalue weighted by Crippen LogP contribution is -1.93. The van der Waals surface area contributed by atoms with Crippen molar-refractivity contribution in [1.29, 1.82) is 5.26 Å². The number of fused-ring (bicyclic) bond motifs is 1. The Morgan fingerprint density at radius 2 is 2.00 bits per heavy atom. The lowest BCUT2D eigenvalue weighted by atomic mass is 10.1. The molecule has 2 aromatic heterocycles. The molecule has 0 bridgehead atoms. The number of hydrogen-bond donors (Lipinski definition) is 0. The summed E-state index contributed by atoms with van der Waals surface area (Å²) in [4.78, 5) is 4.23. The van der Waals surface area contributed by atoms with Crippen LogP contribution in [0.25, 0.3) is 16.8 Å². The van der Waals surface area contributed by atoms with Gasteiger partial charge in [-0.05, 0) is 11.6 Å². The van der Waals surface area contributed by atoms with E-state index >= 15 is 0 Å². The van der Waals surface area contributed by atoms with Gasteiger partial charge in [0.15, 0.2) is 11.5 Å². The first kappa shape index (κ1) is 11.7. The van der Waals surface area contributed by atoms with Crippen molar-refractivity contribution >= 4 is 17.2 Å². The molecule has 0 amide bonds. The lowest BCUT2D eigenvalue weighted by Gasteiger charge is -2.03. The van der Waals surface area contributed by atoms with Crippen molar-refractivity contribution in [1.82, 2.24) is 14.6 Å². The summed E-state index contributed by atoms with van der Waals surface area (Å²) in [6.07, 6.45) is 1.86. The number of halogens is 1. The van der Waals surface area contributed by atoms with Crippen LogP contribution >= 0.6 is 11.6 Å². The van der Waals surface area contributed by atoms with Gasteiger partial charge in [0.1, 0.15) is 6.07 Å². The van der Waals surface area contributed by atoms with Gasteiger partial charge in [-0.15, -0.1) is 16.7 Å². The Labute approximate surface area is 114 Å². The molecule has 0 aliphatic rings. The van der Waals surface area contributed by atoms with E-state index in [-0.39, 0.29) is 5.88 Å². The molecule has 0 fully saturated rings. The maximum absolute atomic E-state index is 9.22. The van der Waals surface area contributed by atoms with E-state index in [0.717, 1.165) is 11.1 Å². The third-order valence-corrected chi connectivity index (χ3v) is 3.06. The van der Waals surface area contributed by atoms with E-state index in [1.165, 1.54) is 0 Å². The molecule has 0 unspecified atom stereocenters. The molecule has 0 atom stereocenters. The standard InChI is InChI=1S/C14H9ClN4/c15-7-13-17-14-11(8-16)6-12(9-19(14)18-13)10-4-2-1-3-5-10/h1-6,9H,7H2. The van der Waals surface area contributed by atoms with Gasteiger partial charge in [0.2, 0.25) is 0 Å². The molecule has 0 N–H and O–H groups in total. The van der Waals surface area contributed by atoms with E-state index in [1.54, 1.807) is 4.52 Å². The zero-order valence-electron chi connectivity index (χ0n) is 9.92. The zero-order chi connectivity index (χ0) is 13.2. The molecule has 3 aromatic rings.